The van der Waals surface area contributed by atoms with Gasteiger partial charge in [-0.05, 0) is 11.6 Å². The van der Waals surface area contributed by atoms with Gasteiger partial charge in [0.2, 0.25) is 5.91 Å². The van der Waals surface area contributed by atoms with E-state index in [1.807, 2.05) is 24.3 Å². The van der Waals surface area contributed by atoms with Gasteiger partial charge in [-0.15, -0.1) is 0 Å². The highest BCUT2D eigenvalue weighted by molar-refractivity contribution is 9.10. The number of hydrogen-bond acceptors (Lipinski definition) is 2. The third-order valence-corrected chi connectivity index (χ3v) is 3.16. The Bertz CT molecular complexity index is 417. The number of carbonyl (C=O) groups excluding carboxylic acids is 2. The molecule has 1 fully saturated rings. The first-order chi connectivity index (χ1) is 7.18. The Balaban J connectivity index is 2.33. The molecule has 1 aromatic carbocycles. The SMILES string of the molecule is O=C1CCC(=O)C(c2ccccc2Br)N1. The summed E-state index contributed by atoms with van der Waals surface area (Å²) in [5.41, 5.74) is 0.829. The van der Waals surface area contributed by atoms with E-state index in [0.717, 1.165) is 10.0 Å². The first kappa shape index (κ1) is 10.4. The van der Waals surface area contributed by atoms with Crippen molar-refractivity contribution >= 4 is 27.6 Å². The van der Waals surface area contributed by atoms with Crippen LogP contribution in [0.5, 0.6) is 0 Å². The molecule has 1 atom stereocenters. The maximum Gasteiger partial charge on any atom is 0.221 e. The van der Waals surface area contributed by atoms with Gasteiger partial charge < -0.3 is 5.32 Å². The Morgan fingerprint density at radius 2 is 1.93 bits per heavy atom. The predicted molar refractivity (Wildman–Crippen MR) is 59.3 cm³/mol. The molecule has 0 radical (unpaired) electrons. The number of halogens is 1. The molecule has 0 aromatic heterocycles. The molecule has 1 aromatic rings. The molecule has 3 nitrogen and oxygen atoms in total. The number of nitrogens with one attached hydrogen (secondary N) is 1. The Labute approximate surface area is 96.0 Å². The zero-order chi connectivity index (χ0) is 10.8. The number of piperidine rings is 1. The zero-order valence-corrected chi connectivity index (χ0v) is 9.58. The van der Waals surface area contributed by atoms with Crippen molar-refractivity contribution in [2.45, 2.75) is 18.9 Å². The summed E-state index contributed by atoms with van der Waals surface area (Å²) in [6.45, 7) is 0. The number of rotatable bonds is 1. The van der Waals surface area contributed by atoms with E-state index in [-0.39, 0.29) is 11.7 Å². The molecule has 0 aliphatic carbocycles. The third-order valence-electron chi connectivity index (χ3n) is 2.44. The van der Waals surface area contributed by atoms with Crippen LogP contribution in [0.15, 0.2) is 28.7 Å². The van der Waals surface area contributed by atoms with Gasteiger partial charge in [0.1, 0.15) is 6.04 Å². The lowest BCUT2D eigenvalue weighted by Crippen LogP contribution is -2.38. The van der Waals surface area contributed by atoms with E-state index in [0.29, 0.717) is 12.8 Å². The monoisotopic (exact) mass is 267 g/mol. The van der Waals surface area contributed by atoms with Gasteiger partial charge in [0.15, 0.2) is 5.78 Å². The van der Waals surface area contributed by atoms with E-state index in [9.17, 15) is 9.59 Å². The van der Waals surface area contributed by atoms with Crippen LogP contribution in [0.1, 0.15) is 24.4 Å². The van der Waals surface area contributed by atoms with Crippen LogP contribution < -0.4 is 5.32 Å². The molecule has 1 amide bonds. The van der Waals surface area contributed by atoms with Gasteiger partial charge in [-0.25, -0.2) is 0 Å². The van der Waals surface area contributed by atoms with Crippen molar-refractivity contribution in [3.05, 3.63) is 34.3 Å². The maximum absolute atomic E-state index is 11.7. The summed E-state index contributed by atoms with van der Waals surface area (Å²) >= 11 is 3.38. The summed E-state index contributed by atoms with van der Waals surface area (Å²) in [7, 11) is 0. The van der Waals surface area contributed by atoms with Crippen LogP contribution in [-0.4, -0.2) is 11.7 Å². The topological polar surface area (TPSA) is 46.2 Å². The number of benzene rings is 1. The number of hydrogen-bond donors (Lipinski definition) is 1. The molecule has 15 heavy (non-hydrogen) atoms. The highest BCUT2D eigenvalue weighted by Crippen LogP contribution is 2.26. The zero-order valence-electron chi connectivity index (χ0n) is 8.00. The first-order valence-corrected chi connectivity index (χ1v) is 5.54. The second-order valence-corrected chi connectivity index (χ2v) is 4.34. The van der Waals surface area contributed by atoms with Crippen molar-refractivity contribution in [1.29, 1.82) is 0 Å². The second kappa shape index (κ2) is 4.14. The van der Waals surface area contributed by atoms with Gasteiger partial charge in [-0.3, -0.25) is 9.59 Å². The largest absolute Gasteiger partial charge is 0.342 e. The van der Waals surface area contributed by atoms with Crippen LogP contribution in [0, 0.1) is 0 Å². The van der Waals surface area contributed by atoms with Crippen LogP contribution in [0.3, 0.4) is 0 Å². The molecule has 1 aliphatic rings. The Morgan fingerprint density at radius 3 is 2.67 bits per heavy atom. The highest BCUT2D eigenvalue weighted by atomic mass is 79.9. The molecule has 0 bridgehead atoms. The fourth-order valence-corrected chi connectivity index (χ4v) is 2.17. The number of amides is 1. The average Bonchev–Trinajstić information content (AvgIpc) is 2.23. The van der Waals surface area contributed by atoms with Gasteiger partial charge in [-0.2, -0.15) is 0 Å². The Morgan fingerprint density at radius 1 is 1.20 bits per heavy atom. The van der Waals surface area contributed by atoms with Crippen LogP contribution in [0.2, 0.25) is 0 Å². The molecule has 0 saturated carbocycles. The van der Waals surface area contributed by atoms with E-state index < -0.39 is 6.04 Å². The Hall–Kier alpha value is -1.16. The quantitative estimate of drug-likeness (QED) is 0.846. The third kappa shape index (κ3) is 2.09. The molecule has 78 valence electrons. The molecule has 4 heteroatoms. The molecule has 1 heterocycles. The normalized spacial score (nSPS) is 21.3. The summed E-state index contributed by atoms with van der Waals surface area (Å²) in [6, 6.07) is 6.96. The molecule has 1 unspecified atom stereocenters. The van der Waals surface area contributed by atoms with Gasteiger partial charge in [-0.1, -0.05) is 34.1 Å². The number of carbonyl (C=O) groups is 2. The second-order valence-electron chi connectivity index (χ2n) is 3.49. The lowest BCUT2D eigenvalue weighted by atomic mass is 9.96. The van der Waals surface area contributed by atoms with E-state index in [1.165, 1.54) is 0 Å². The molecule has 1 saturated heterocycles. The minimum absolute atomic E-state index is 0.0599. The van der Waals surface area contributed by atoms with Crippen molar-refractivity contribution < 1.29 is 9.59 Å². The summed E-state index contributed by atoms with van der Waals surface area (Å²) in [5, 5.41) is 2.70. The van der Waals surface area contributed by atoms with Gasteiger partial charge in [0, 0.05) is 17.3 Å². The van der Waals surface area contributed by atoms with Crippen molar-refractivity contribution in [2.75, 3.05) is 0 Å². The summed E-state index contributed by atoms with van der Waals surface area (Å²) in [5.74, 6) is 0.0110. The Kier molecular flexibility index (Phi) is 2.86. The minimum Gasteiger partial charge on any atom is -0.342 e. The maximum atomic E-state index is 11.7. The predicted octanol–water partition coefficient (Wildman–Crippen LogP) is 1.97. The standard InChI is InChI=1S/C11H10BrNO2/c12-8-4-2-1-3-7(8)11-9(14)5-6-10(15)13-11/h1-4,11H,5-6H2,(H,13,15). The molecule has 2 rings (SSSR count). The van der Waals surface area contributed by atoms with E-state index in [2.05, 4.69) is 21.2 Å². The fourth-order valence-electron chi connectivity index (χ4n) is 1.66. The fraction of sp³-hybridized carbons (Fsp3) is 0.273. The van der Waals surface area contributed by atoms with Gasteiger partial charge >= 0.3 is 0 Å². The average molecular weight is 268 g/mol. The van der Waals surface area contributed by atoms with Crippen LogP contribution in [-0.2, 0) is 9.59 Å². The van der Waals surface area contributed by atoms with Crippen LogP contribution >= 0.6 is 15.9 Å². The summed E-state index contributed by atoms with van der Waals surface area (Å²) < 4.78 is 0.852. The minimum atomic E-state index is -0.484. The lowest BCUT2D eigenvalue weighted by molar-refractivity contribution is -0.133. The van der Waals surface area contributed by atoms with Crippen molar-refractivity contribution in [1.82, 2.24) is 5.32 Å². The lowest BCUT2D eigenvalue weighted by Gasteiger charge is -2.23. The van der Waals surface area contributed by atoms with Crippen molar-refractivity contribution in [3.63, 3.8) is 0 Å². The first-order valence-electron chi connectivity index (χ1n) is 4.75. The van der Waals surface area contributed by atoms with Crippen LogP contribution in [0.25, 0.3) is 0 Å². The molecule has 1 aliphatic heterocycles. The van der Waals surface area contributed by atoms with E-state index in [1.54, 1.807) is 0 Å². The summed E-state index contributed by atoms with van der Waals surface area (Å²) in [4.78, 5) is 22.9. The van der Waals surface area contributed by atoms with Gasteiger partial charge in [0.05, 0.1) is 0 Å². The van der Waals surface area contributed by atoms with Crippen molar-refractivity contribution in [2.24, 2.45) is 0 Å². The highest BCUT2D eigenvalue weighted by Gasteiger charge is 2.28. The van der Waals surface area contributed by atoms with Gasteiger partial charge in [0.25, 0.3) is 0 Å². The molecular formula is C11H10BrNO2. The van der Waals surface area contributed by atoms with Crippen LogP contribution in [0.4, 0.5) is 0 Å². The van der Waals surface area contributed by atoms with Crippen molar-refractivity contribution in [3.8, 4) is 0 Å². The van der Waals surface area contributed by atoms with E-state index >= 15 is 0 Å². The summed E-state index contributed by atoms with van der Waals surface area (Å²) in [6.07, 6.45) is 0.637. The molecular weight excluding hydrogens is 258 g/mol. The molecule has 1 N–H and O–H groups in total. The number of Topliss-reactive ketones (excluding diaryl/α,β-unsaturated/α-hetero) is 1. The number of ketones is 1. The smallest absolute Gasteiger partial charge is 0.221 e. The van der Waals surface area contributed by atoms with E-state index in [4.69, 9.17) is 0 Å². The molecule has 0 spiro atoms.